The zero-order valence-electron chi connectivity index (χ0n) is 38.3. The van der Waals surface area contributed by atoms with E-state index in [-0.39, 0.29) is 5.41 Å². The number of hydrogen-bond acceptors (Lipinski definition) is 5. The molecule has 1 aliphatic carbocycles. The van der Waals surface area contributed by atoms with E-state index in [4.69, 9.17) is 24.9 Å². The van der Waals surface area contributed by atoms with Gasteiger partial charge in [0.15, 0.2) is 23.3 Å². The Morgan fingerprint density at radius 3 is 1.23 bits per heavy atom. The normalized spacial score (nSPS) is 12.3. The summed E-state index contributed by atoms with van der Waals surface area (Å²) in [6, 6.07) is 82.6. The fourth-order valence-electron chi connectivity index (χ4n) is 9.76. The van der Waals surface area contributed by atoms with Crippen LogP contribution in [0.2, 0.25) is 0 Å². The fourth-order valence-corrected chi connectivity index (χ4v) is 9.76. The smallest absolute Gasteiger partial charge is 0.164 e. The van der Waals surface area contributed by atoms with Crippen molar-refractivity contribution in [3.8, 4) is 113 Å². The number of benzene rings is 9. The first kappa shape index (κ1) is 41.5. The van der Waals surface area contributed by atoms with Crippen LogP contribution < -0.4 is 0 Å². The topological polar surface area (TPSA) is 64.5 Å². The third-order valence-electron chi connectivity index (χ3n) is 13.4. The second kappa shape index (κ2) is 17.4. The zero-order chi connectivity index (χ0) is 46.3. The van der Waals surface area contributed by atoms with E-state index in [1.807, 2.05) is 30.3 Å². The molecule has 9 aromatic carbocycles. The maximum absolute atomic E-state index is 5.32. The Kier molecular flexibility index (Phi) is 10.4. The minimum atomic E-state index is -0.165. The van der Waals surface area contributed by atoms with Gasteiger partial charge in [-0.1, -0.05) is 232 Å². The Labute approximate surface area is 402 Å². The van der Waals surface area contributed by atoms with Crippen LogP contribution in [0.3, 0.4) is 0 Å². The number of hydrogen-bond donors (Lipinski definition) is 0. The van der Waals surface area contributed by atoms with E-state index in [1.165, 1.54) is 27.8 Å². The van der Waals surface area contributed by atoms with Gasteiger partial charge >= 0.3 is 0 Å². The van der Waals surface area contributed by atoms with Crippen LogP contribution in [0, 0.1) is 0 Å². The SMILES string of the molecule is CC1(C)c2ccccc2-c2c(-c3nc(-c4ccc(-c5ccccc5)cc4)nc(-c4cccc(-c5cccc(-c6cc(-c7ccccc7)nc(-c7ccc(-c8ccccc8)cc7)n6)c5)c4)n3)cccc21. The molecule has 69 heavy (non-hydrogen) atoms. The predicted molar refractivity (Wildman–Crippen MR) is 282 cm³/mol. The Morgan fingerprint density at radius 1 is 0.246 bits per heavy atom. The van der Waals surface area contributed by atoms with Gasteiger partial charge in [-0.2, -0.15) is 0 Å². The lowest BCUT2D eigenvalue weighted by molar-refractivity contribution is 0.660. The molecule has 5 nitrogen and oxygen atoms in total. The summed E-state index contributed by atoms with van der Waals surface area (Å²) < 4.78 is 0. The maximum atomic E-state index is 5.32. The molecule has 0 atom stereocenters. The lowest BCUT2D eigenvalue weighted by Gasteiger charge is -2.21. The molecule has 11 aromatic rings. The standard InChI is InChI=1S/C64H45N5/c1-64(2)55-29-13-12-27-53(55)59-54(28-16-30-56(59)64)63-68-61(48-37-33-45(34-38-48)43-19-8-4-9-20-43)67-62(69-63)52-26-15-24-50(40-52)49-23-14-25-51(39-49)58-41-57(46-21-10-5-11-22-46)65-60(66-58)47-35-31-44(32-36-47)42-17-6-3-7-18-42/h3-41H,1-2H3. The van der Waals surface area contributed by atoms with Crippen molar-refractivity contribution < 1.29 is 0 Å². The molecule has 1 aliphatic rings. The third-order valence-corrected chi connectivity index (χ3v) is 13.4. The van der Waals surface area contributed by atoms with Gasteiger partial charge in [0.05, 0.1) is 11.4 Å². The van der Waals surface area contributed by atoms with Crippen molar-refractivity contribution in [1.82, 2.24) is 24.9 Å². The summed E-state index contributed by atoms with van der Waals surface area (Å²) in [6.07, 6.45) is 0. The minimum absolute atomic E-state index is 0.165. The first-order chi connectivity index (χ1) is 33.9. The molecule has 0 N–H and O–H groups in total. The van der Waals surface area contributed by atoms with E-state index < -0.39 is 0 Å². The van der Waals surface area contributed by atoms with E-state index in [1.54, 1.807) is 0 Å². The molecular formula is C64H45N5. The van der Waals surface area contributed by atoms with Gasteiger partial charge in [0.2, 0.25) is 0 Å². The lowest BCUT2D eigenvalue weighted by Crippen LogP contribution is -2.14. The summed E-state index contributed by atoms with van der Waals surface area (Å²) in [5.74, 6) is 2.54. The third kappa shape index (κ3) is 7.90. The molecule has 2 aromatic heterocycles. The highest BCUT2D eigenvalue weighted by atomic mass is 15.0. The molecule has 0 unspecified atom stereocenters. The molecular weight excluding hydrogens is 839 g/mol. The largest absolute Gasteiger partial charge is 0.228 e. The molecule has 0 saturated heterocycles. The Morgan fingerprint density at radius 2 is 0.623 bits per heavy atom. The number of nitrogens with zero attached hydrogens (tertiary/aromatic N) is 5. The fraction of sp³-hybridized carbons (Fsp3) is 0.0469. The number of rotatable bonds is 9. The van der Waals surface area contributed by atoms with Crippen LogP contribution in [-0.4, -0.2) is 24.9 Å². The van der Waals surface area contributed by atoms with Crippen molar-refractivity contribution in [3.05, 3.63) is 248 Å². The van der Waals surface area contributed by atoms with Crippen molar-refractivity contribution in [1.29, 1.82) is 0 Å². The summed E-state index contributed by atoms with van der Waals surface area (Å²) >= 11 is 0. The van der Waals surface area contributed by atoms with Gasteiger partial charge in [-0.05, 0) is 73.8 Å². The van der Waals surface area contributed by atoms with Crippen LogP contribution in [0.25, 0.3) is 113 Å². The average Bonchev–Trinajstić information content (AvgIpc) is 3.67. The van der Waals surface area contributed by atoms with Crippen LogP contribution >= 0.6 is 0 Å². The predicted octanol–water partition coefficient (Wildman–Crippen LogP) is 16.0. The summed E-state index contributed by atoms with van der Waals surface area (Å²) in [4.78, 5) is 26.1. The quantitative estimate of drug-likeness (QED) is 0.144. The first-order valence-electron chi connectivity index (χ1n) is 23.4. The van der Waals surface area contributed by atoms with Crippen LogP contribution in [0.5, 0.6) is 0 Å². The van der Waals surface area contributed by atoms with Gasteiger partial charge in [-0.25, -0.2) is 24.9 Å². The molecule has 12 rings (SSSR count). The van der Waals surface area contributed by atoms with Crippen LogP contribution in [0.1, 0.15) is 25.0 Å². The monoisotopic (exact) mass is 883 g/mol. The number of fused-ring (bicyclic) bond motifs is 3. The van der Waals surface area contributed by atoms with Crippen molar-refractivity contribution >= 4 is 0 Å². The van der Waals surface area contributed by atoms with Gasteiger partial charge < -0.3 is 0 Å². The second-order valence-electron chi connectivity index (χ2n) is 18.1. The van der Waals surface area contributed by atoms with E-state index >= 15 is 0 Å². The van der Waals surface area contributed by atoms with E-state index in [0.717, 1.165) is 72.6 Å². The van der Waals surface area contributed by atoms with Crippen molar-refractivity contribution in [2.24, 2.45) is 0 Å². The van der Waals surface area contributed by atoms with E-state index in [0.29, 0.717) is 23.3 Å². The Balaban J connectivity index is 0.950. The lowest BCUT2D eigenvalue weighted by atomic mass is 9.82. The Bertz CT molecular complexity index is 3660. The minimum Gasteiger partial charge on any atom is -0.228 e. The van der Waals surface area contributed by atoms with Crippen molar-refractivity contribution in [2.75, 3.05) is 0 Å². The van der Waals surface area contributed by atoms with Crippen molar-refractivity contribution in [3.63, 3.8) is 0 Å². The molecule has 2 heterocycles. The molecule has 0 amide bonds. The van der Waals surface area contributed by atoms with Crippen molar-refractivity contribution in [2.45, 2.75) is 19.3 Å². The molecule has 0 aliphatic heterocycles. The summed E-state index contributed by atoms with van der Waals surface area (Å²) in [5.41, 5.74) is 19.0. The molecule has 5 heteroatoms. The van der Waals surface area contributed by atoms with Crippen LogP contribution in [0.15, 0.2) is 237 Å². The van der Waals surface area contributed by atoms with Gasteiger partial charge in [0.25, 0.3) is 0 Å². The van der Waals surface area contributed by atoms with Crippen LogP contribution in [-0.2, 0) is 5.41 Å². The molecule has 0 spiro atoms. The zero-order valence-corrected chi connectivity index (χ0v) is 38.3. The van der Waals surface area contributed by atoms with Gasteiger partial charge in [0, 0.05) is 38.8 Å². The summed E-state index contributed by atoms with van der Waals surface area (Å²) in [5, 5.41) is 0. The van der Waals surface area contributed by atoms with E-state index in [9.17, 15) is 0 Å². The van der Waals surface area contributed by atoms with E-state index in [2.05, 4.69) is 220 Å². The molecule has 0 saturated carbocycles. The van der Waals surface area contributed by atoms with Crippen LogP contribution in [0.4, 0.5) is 0 Å². The maximum Gasteiger partial charge on any atom is 0.164 e. The second-order valence-corrected chi connectivity index (χ2v) is 18.1. The van der Waals surface area contributed by atoms with Gasteiger partial charge in [-0.15, -0.1) is 0 Å². The first-order valence-corrected chi connectivity index (χ1v) is 23.4. The molecule has 0 bridgehead atoms. The summed E-state index contributed by atoms with van der Waals surface area (Å²) in [7, 11) is 0. The highest BCUT2D eigenvalue weighted by Crippen LogP contribution is 2.51. The Hall–Kier alpha value is -8.93. The van der Waals surface area contributed by atoms with Gasteiger partial charge in [0.1, 0.15) is 0 Å². The summed E-state index contributed by atoms with van der Waals surface area (Å²) in [6.45, 7) is 4.61. The molecule has 326 valence electrons. The highest BCUT2D eigenvalue weighted by Gasteiger charge is 2.37. The highest BCUT2D eigenvalue weighted by molar-refractivity contribution is 5.91. The van der Waals surface area contributed by atoms with Gasteiger partial charge in [-0.3, -0.25) is 0 Å². The number of aromatic nitrogens is 5. The molecule has 0 fully saturated rings. The molecule has 0 radical (unpaired) electrons. The average molecular weight is 884 g/mol.